The summed E-state index contributed by atoms with van der Waals surface area (Å²) in [5.74, 6) is -2.52. The van der Waals surface area contributed by atoms with Crippen LogP contribution in [-0.4, -0.2) is 11.7 Å². The number of carbonyl (C=O) groups excluding carboxylic acids is 2. The van der Waals surface area contributed by atoms with Crippen molar-refractivity contribution in [3.8, 4) is 0 Å². The first-order valence-electron chi connectivity index (χ1n) is 3.94. The van der Waals surface area contributed by atoms with Gasteiger partial charge in [-0.2, -0.15) is 13.2 Å². The van der Waals surface area contributed by atoms with E-state index in [0.29, 0.717) is 6.07 Å². The number of hydrogen-bond acceptors (Lipinski definition) is 2. The Labute approximate surface area is 93.0 Å². The molecular weight excluding hydrogens is 247 g/mol. The van der Waals surface area contributed by atoms with Crippen molar-refractivity contribution in [3.05, 3.63) is 34.3 Å². The maximum Gasteiger partial charge on any atom is 0.417 e. The molecule has 0 bridgehead atoms. The zero-order valence-corrected chi connectivity index (χ0v) is 8.39. The molecule has 3 nitrogen and oxygen atoms in total. The molecule has 0 aliphatic heterocycles. The lowest BCUT2D eigenvalue weighted by atomic mass is 10.1. The normalized spacial score (nSPS) is 11.2. The van der Waals surface area contributed by atoms with Gasteiger partial charge in [0, 0.05) is 5.56 Å². The van der Waals surface area contributed by atoms with Crippen LogP contribution in [0.4, 0.5) is 13.2 Å². The van der Waals surface area contributed by atoms with Crippen LogP contribution in [0.2, 0.25) is 5.02 Å². The van der Waals surface area contributed by atoms with Gasteiger partial charge in [0.1, 0.15) is 0 Å². The van der Waals surface area contributed by atoms with Crippen molar-refractivity contribution in [1.82, 2.24) is 0 Å². The number of benzene rings is 1. The van der Waals surface area contributed by atoms with Crippen LogP contribution in [0.25, 0.3) is 0 Å². The van der Waals surface area contributed by atoms with Gasteiger partial charge in [-0.15, -0.1) is 0 Å². The van der Waals surface area contributed by atoms with Gasteiger partial charge in [-0.1, -0.05) is 11.6 Å². The Morgan fingerprint density at radius 1 is 1.25 bits per heavy atom. The Bertz CT molecular complexity index is 457. The number of amides is 1. The molecular formula is C9H5ClF3NO2. The number of halogens is 4. The fraction of sp³-hybridized carbons (Fsp3) is 0.111. The van der Waals surface area contributed by atoms with Gasteiger partial charge in [-0.3, -0.25) is 9.59 Å². The van der Waals surface area contributed by atoms with Crippen molar-refractivity contribution >= 4 is 23.3 Å². The Morgan fingerprint density at radius 3 is 2.25 bits per heavy atom. The summed E-state index contributed by atoms with van der Waals surface area (Å²) in [4.78, 5) is 21.6. The summed E-state index contributed by atoms with van der Waals surface area (Å²) in [6.45, 7) is 0. The maximum atomic E-state index is 12.4. The number of ketones is 1. The van der Waals surface area contributed by atoms with Crippen LogP contribution in [0.3, 0.4) is 0 Å². The smallest absolute Gasteiger partial charge is 0.363 e. The summed E-state index contributed by atoms with van der Waals surface area (Å²) in [5.41, 5.74) is 3.04. The van der Waals surface area contributed by atoms with E-state index in [4.69, 9.17) is 11.6 Å². The average molecular weight is 252 g/mol. The molecule has 0 aromatic heterocycles. The number of rotatable bonds is 2. The Morgan fingerprint density at radius 2 is 1.81 bits per heavy atom. The summed E-state index contributed by atoms with van der Waals surface area (Å²) >= 11 is 5.32. The van der Waals surface area contributed by atoms with Crippen molar-refractivity contribution in [1.29, 1.82) is 0 Å². The van der Waals surface area contributed by atoms with Crippen molar-refractivity contribution in [2.24, 2.45) is 5.73 Å². The van der Waals surface area contributed by atoms with E-state index in [1.165, 1.54) is 0 Å². The van der Waals surface area contributed by atoms with E-state index in [-0.39, 0.29) is 0 Å². The second kappa shape index (κ2) is 4.13. The van der Waals surface area contributed by atoms with E-state index in [9.17, 15) is 22.8 Å². The third kappa shape index (κ3) is 2.52. The zero-order chi connectivity index (χ0) is 12.5. The third-order valence-electron chi connectivity index (χ3n) is 1.76. The first-order valence-corrected chi connectivity index (χ1v) is 4.32. The van der Waals surface area contributed by atoms with Crippen LogP contribution in [0, 0.1) is 0 Å². The Balaban J connectivity index is 3.28. The lowest BCUT2D eigenvalue weighted by Gasteiger charge is -2.09. The summed E-state index contributed by atoms with van der Waals surface area (Å²) in [5, 5.41) is -0.548. The second-order valence-electron chi connectivity index (χ2n) is 2.89. The SMILES string of the molecule is NC(=O)C(=O)c1ccc(Cl)c(C(F)(F)F)c1. The molecule has 86 valence electrons. The first-order chi connectivity index (χ1) is 7.23. The Hall–Kier alpha value is -1.56. The molecule has 2 N–H and O–H groups in total. The number of nitrogens with two attached hydrogens (primary N) is 1. The minimum atomic E-state index is -4.69. The first kappa shape index (κ1) is 12.5. The average Bonchev–Trinajstić information content (AvgIpc) is 2.15. The van der Waals surface area contributed by atoms with E-state index in [0.717, 1.165) is 12.1 Å². The van der Waals surface area contributed by atoms with Crippen LogP contribution in [0.5, 0.6) is 0 Å². The van der Waals surface area contributed by atoms with Gasteiger partial charge >= 0.3 is 6.18 Å². The molecule has 0 aliphatic rings. The van der Waals surface area contributed by atoms with E-state index in [2.05, 4.69) is 5.73 Å². The lowest BCUT2D eigenvalue weighted by Crippen LogP contribution is -2.23. The molecule has 0 aliphatic carbocycles. The second-order valence-corrected chi connectivity index (χ2v) is 3.29. The number of alkyl halides is 3. The summed E-state index contributed by atoms with van der Waals surface area (Å²) < 4.78 is 37.1. The van der Waals surface area contributed by atoms with Crippen LogP contribution in [-0.2, 0) is 11.0 Å². The standard InChI is InChI=1S/C9H5ClF3NO2/c10-6-2-1-4(7(15)8(14)16)3-5(6)9(11,12)13/h1-3H,(H2,14,16). The van der Waals surface area contributed by atoms with Gasteiger partial charge in [0.05, 0.1) is 10.6 Å². The number of hydrogen-bond donors (Lipinski definition) is 1. The lowest BCUT2D eigenvalue weighted by molar-refractivity contribution is -0.137. The fourth-order valence-electron chi connectivity index (χ4n) is 1.03. The topological polar surface area (TPSA) is 60.2 Å². The quantitative estimate of drug-likeness (QED) is 0.646. The molecule has 0 unspecified atom stereocenters. The minimum Gasteiger partial charge on any atom is -0.363 e. The molecule has 0 saturated carbocycles. The third-order valence-corrected chi connectivity index (χ3v) is 2.09. The molecule has 1 aromatic rings. The monoisotopic (exact) mass is 251 g/mol. The number of Topliss-reactive ketones (excluding diaryl/α,β-unsaturated/α-hetero) is 1. The van der Waals surface area contributed by atoms with Gasteiger partial charge in [-0.05, 0) is 18.2 Å². The van der Waals surface area contributed by atoms with Crippen molar-refractivity contribution in [2.45, 2.75) is 6.18 Å². The predicted molar refractivity (Wildman–Crippen MR) is 50.0 cm³/mol. The predicted octanol–water partition coefficient (Wildman–Crippen LogP) is 2.03. The highest BCUT2D eigenvalue weighted by Gasteiger charge is 2.34. The van der Waals surface area contributed by atoms with Crippen LogP contribution in [0.1, 0.15) is 15.9 Å². The largest absolute Gasteiger partial charge is 0.417 e. The van der Waals surface area contributed by atoms with Gasteiger partial charge in [0.15, 0.2) is 0 Å². The molecule has 0 heterocycles. The maximum absolute atomic E-state index is 12.4. The van der Waals surface area contributed by atoms with E-state index in [1.807, 2.05) is 0 Å². The molecule has 0 fully saturated rings. The molecule has 1 aromatic carbocycles. The minimum absolute atomic E-state index is 0.441. The van der Waals surface area contributed by atoms with Crippen LogP contribution < -0.4 is 5.73 Å². The highest BCUT2D eigenvalue weighted by atomic mass is 35.5. The van der Waals surface area contributed by atoms with Crippen LogP contribution >= 0.6 is 11.6 Å². The molecule has 1 rings (SSSR count). The van der Waals surface area contributed by atoms with Gasteiger partial charge in [0.25, 0.3) is 5.91 Å². The van der Waals surface area contributed by atoms with Crippen molar-refractivity contribution in [2.75, 3.05) is 0 Å². The molecule has 1 amide bonds. The molecule has 0 radical (unpaired) electrons. The summed E-state index contributed by atoms with van der Waals surface area (Å²) in [6.07, 6.45) is -4.69. The molecule has 0 saturated heterocycles. The molecule has 16 heavy (non-hydrogen) atoms. The summed E-state index contributed by atoms with van der Waals surface area (Å²) in [7, 11) is 0. The van der Waals surface area contributed by atoms with E-state index in [1.54, 1.807) is 0 Å². The van der Waals surface area contributed by atoms with Crippen LogP contribution in [0.15, 0.2) is 18.2 Å². The highest BCUT2D eigenvalue weighted by molar-refractivity contribution is 6.42. The van der Waals surface area contributed by atoms with E-state index >= 15 is 0 Å². The van der Waals surface area contributed by atoms with Gasteiger partial charge < -0.3 is 5.73 Å². The molecule has 7 heteroatoms. The highest BCUT2D eigenvalue weighted by Crippen LogP contribution is 2.35. The van der Waals surface area contributed by atoms with E-state index < -0.39 is 34.0 Å². The van der Waals surface area contributed by atoms with Crippen molar-refractivity contribution < 1.29 is 22.8 Å². The van der Waals surface area contributed by atoms with Crippen molar-refractivity contribution in [3.63, 3.8) is 0 Å². The number of carbonyl (C=O) groups is 2. The number of primary amides is 1. The fourth-order valence-corrected chi connectivity index (χ4v) is 1.25. The van der Waals surface area contributed by atoms with Gasteiger partial charge in [0.2, 0.25) is 5.78 Å². The molecule has 0 spiro atoms. The molecule has 0 atom stereocenters. The van der Waals surface area contributed by atoms with Gasteiger partial charge in [-0.25, -0.2) is 0 Å². The summed E-state index contributed by atoms with van der Waals surface area (Å²) in [6, 6.07) is 2.39. The Kier molecular flexibility index (Phi) is 3.23. The zero-order valence-electron chi connectivity index (χ0n) is 7.64.